The van der Waals surface area contributed by atoms with Crippen molar-refractivity contribution in [2.45, 2.75) is 6.92 Å². The van der Waals surface area contributed by atoms with Gasteiger partial charge in [0, 0.05) is 12.1 Å². The zero-order valence-electron chi connectivity index (χ0n) is 9.71. The molecule has 0 aliphatic heterocycles. The zero-order valence-corrected chi connectivity index (χ0v) is 9.71. The predicted molar refractivity (Wildman–Crippen MR) is 62.2 cm³/mol. The van der Waals surface area contributed by atoms with E-state index in [1.165, 1.54) is 0 Å². The summed E-state index contributed by atoms with van der Waals surface area (Å²) in [6, 6.07) is 1.19. The summed E-state index contributed by atoms with van der Waals surface area (Å²) in [6.45, 7) is 1.66. The first-order chi connectivity index (χ1) is 8.99. The van der Waals surface area contributed by atoms with E-state index < -0.39 is 17.5 Å². The Morgan fingerprint density at radius 3 is 2.58 bits per heavy atom. The van der Waals surface area contributed by atoms with Crippen molar-refractivity contribution in [2.75, 3.05) is 5.73 Å². The van der Waals surface area contributed by atoms with Crippen LogP contribution in [-0.2, 0) is 0 Å². The minimum atomic E-state index is -1.26. The maximum absolute atomic E-state index is 13.7. The van der Waals surface area contributed by atoms with Crippen molar-refractivity contribution in [2.24, 2.45) is 0 Å². The molecular weight excluding hydrogens is 259 g/mol. The van der Waals surface area contributed by atoms with Gasteiger partial charge < -0.3 is 5.73 Å². The van der Waals surface area contributed by atoms with E-state index in [0.717, 1.165) is 10.7 Å². The third-order valence-electron chi connectivity index (χ3n) is 2.81. The van der Waals surface area contributed by atoms with Gasteiger partial charge in [0.1, 0.15) is 11.5 Å². The van der Waals surface area contributed by atoms with Crippen LogP contribution in [0.15, 0.2) is 12.1 Å². The van der Waals surface area contributed by atoms with Crippen molar-refractivity contribution in [1.29, 1.82) is 0 Å². The Morgan fingerprint density at radius 1 is 1.16 bits per heavy atom. The summed E-state index contributed by atoms with van der Waals surface area (Å²) in [4.78, 5) is 0. The normalized spacial score (nSPS) is 11.4. The van der Waals surface area contributed by atoms with Crippen LogP contribution < -0.4 is 5.73 Å². The van der Waals surface area contributed by atoms with E-state index >= 15 is 0 Å². The fourth-order valence-corrected chi connectivity index (χ4v) is 1.95. The largest absolute Gasteiger partial charge is 0.383 e. The third-order valence-corrected chi connectivity index (χ3v) is 2.81. The molecule has 2 heterocycles. The summed E-state index contributed by atoms with van der Waals surface area (Å²) in [6.07, 6.45) is 0. The lowest BCUT2D eigenvalue weighted by molar-refractivity contribution is 0.491. The van der Waals surface area contributed by atoms with Gasteiger partial charge in [-0.3, -0.25) is 5.10 Å². The van der Waals surface area contributed by atoms with Crippen LogP contribution >= 0.6 is 0 Å². The molecule has 0 fully saturated rings. The van der Waals surface area contributed by atoms with Gasteiger partial charge in [-0.05, 0) is 6.92 Å². The summed E-state index contributed by atoms with van der Waals surface area (Å²) >= 11 is 0. The molecule has 0 spiro atoms. The van der Waals surface area contributed by atoms with Gasteiger partial charge in [-0.2, -0.15) is 10.2 Å². The summed E-state index contributed by atoms with van der Waals surface area (Å²) < 4.78 is 40.9. The van der Waals surface area contributed by atoms with Gasteiger partial charge in [-0.1, -0.05) is 0 Å². The minimum Gasteiger partial charge on any atom is -0.383 e. The van der Waals surface area contributed by atoms with Gasteiger partial charge in [0.2, 0.25) is 0 Å². The summed E-state index contributed by atoms with van der Waals surface area (Å²) in [5.41, 5.74) is 6.18. The third kappa shape index (κ3) is 1.56. The first kappa shape index (κ1) is 11.6. The lowest BCUT2D eigenvalue weighted by Gasteiger charge is -2.04. The van der Waals surface area contributed by atoms with Crippen LogP contribution in [0.2, 0.25) is 0 Å². The molecule has 3 N–H and O–H groups in total. The van der Waals surface area contributed by atoms with E-state index in [-0.39, 0.29) is 17.2 Å². The summed E-state index contributed by atoms with van der Waals surface area (Å²) in [5, 5.41) is 11.0. The zero-order chi connectivity index (χ0) is 13.7. The Morgan fingerprint density at radius 2 is 1.84 bits per heavy atom. The molecule has 0 saturated heterocycles. The summed E-state index contributed by atoms with van der Waals surface area (Å²) in [7, 11) is 0. The number of nitrogens with one attached hydrogen (secondary N) is 1. The number of nitrogens with two attached hydrogens (primary N) is 1. The molecule has 0 bridgehead atoms. The average Bonchev–Trinajstić information content (AvgIpc) is 2.87. The van der Waals surface area contributed by atoms with Crippen molar-refractivity contribution in [1.82, 2.24) is 20.0 Å². The highest BCUT2D eigenvalue weighted by atomic mass is 19.2. The number of aromatic amines is 1. The van der Waals surface area contributed by atoms with Crippen LogP contribution in [0.25, 0.3) is 16.7 Å². The Bertz CT molecular complexity index is 789. The summed E-state index contributed by atoms with van der Waals surface area (Å²) in [5.74, 6) is -3.09. The molecule has 0 unspecified atom stereocenters. The Hall–Kier alpha value is -2.51. The first-order valence-corrected chi connectivity index (χ1v) is 5.33. The van der Waals surface area contributed by atoms with E-state index in [4.69, 9.17) is 5.73 Å². The minimum absolute atomic E-state index is 0.233. The molecule has 19 heavy (non-hydrogen) atoms. The Kier molecular flexibility index (Phi) is 2.28. The van der Waals surface area contributed by atoms with E-state index in [1.54, 1.807) is 6.92 Å². The number of hydrogen-bond donors (Lipinski definition) is 2. The van der Waals surface area contributed by atoms with E-state index in [9.17, 15) is 13.2 Å². The quantitative estimate of drug-likeness (QED) is 0.663. The second kappa shape index (κ2) is 3.74. The molecule has 0 aliphatic rings. The molecule has 0 radical (unpaired) electrons. The van der Waals surface area contributed by atoms with E-state index in [2.05, 4.69) is 15.3 Å². The van der Waals surface area contributed by atoms with Gasteiger partial charge in [0.15, 0.2) is 23.1 Å². The maximum Gasteiger partial charge on any atom is 0.186 e. The molecular formula is C11H8F3N5. The van der Waals surface area contributed by atoms with Gasteiger partial charge in [-0.15, -0.1) is 0 Å². The second-order valence-corrected chi connectivity index (χ2v) is 4.05. The average molecular weight is 267 g/mol. The van der Waals surface area contributed by atoms with Gasteiger partial charge >= 0.3 is 0 Å². The second-order valence-electron chi connectivity index (χ2n) is 4.05. The van der Waals surface area contributed by atoms with Crippen LogP contribution in [0.5, 0.6) is 0 Å². The van der Waals surface area contributed by atoms with Crippen LogP contribution in [-0.4, -0.2) is 20.0 Å². The lowest BCUT2D eigenvalue weighted by atomic mass is 10.3. The standard InChI is InChI=1S/C11H8F3N5/c1-4-9-10(15)16-17-11(9)19(18-4)8-3-6(13)5(12)2-7(8)14/h2-3H,1H3,(H3,15,16,17). The fourth-order valence-electron chi connectivity index (χ4n) is 1.95. The molecule has 1 aromatic carbocycles. The first-order valence-electron chi connectivity index (χ1n) is 5.33. The molecule has 3 rings (SSSR count). The molecule has 0 atom stereocenters. The topological polar surface area (TPSA) is 72.5 Å². The van der Waals surface area contributed by atoms with Crippen molar-refractivity contribution < 1.29 is 13.2 Å². The highest BCUT2D eigenvalue weighted by molar-refractivity contribution is 5.89. The highest BCUT2D eigenvalue weighted by Crippen LogP contribution is 2.26. The number of anilines is 1. The molecule has 8 heteroatoms. The Balaban J connectivity index is 2.33. The number of aromatic nitrogens is 4. The van der Waals surface area contributed by atoms with E-state index in [0.29, 0.717) is 17.1 Å². The Labute approximate surface area is 104 Å². The van der Waals surface area contributed by atoms with Crippen molar-refractivity contribution in [3.05, 3.63) is 35.3 Å². The number of hydrogen-bond acceptors (Lipinski definition) is 3. The number of H-pyrrole nitrogens is 1. The van der Waals surface area contributed by atoms with Crippen LogP contribution in [0.4, 0.5) is 19.0 Å². The van der Waals surface area contributed by atoms with Gasteiger partial charge in [0.25, 0.3) is 0 Å². The van der Waals surface area contributed by atoms with Crippen LogP contribution in [0, 0.1) is 24.4 Å². The molecule has 5 nitrogen and oxygen atoms in total. The molecule has 3 aromatic rings. The lowest BCUT2D eigenvalue weighted by Crippen LogP contribution is -2.03. The number of rotatable bonds is 1. The van der Waals surface area contributed by atoms with Crippen molar-refractivity contribution in [3.8, 4) is 5.69 Å². The van der Waals surface area contributed by atoms with Crippen molar-refractivity contribution in [3.63, 3.8) is 0 Å². The molecule has 98 valence electrons. The number of nitrogens with zero attached hydrogens (tertiary/aromatic N) is 3. The van der Waals surface area contributed by atoms with Crippen molar-refractivity contribution >= 4 is 16.9 Å². The molecule has 2 aromatic heterocycles. The van der Waals surface area contributed by atoms with Crippen LogP contribution in [0.1, 0.15) is 5.69 Å². The number of benzene rings is 1. The number of halogens is 3. The predicted octanol–water partition coefficient (Wildman–Crippen LogP) is 2.06. The van der Waals surface area contributed by atoms with Gasteiger partial charge in [0.05, 0.1) is 11.1 Å². The number of fused-ring (bicyclic) bond motifs is 1. The SMILES string of the molecule is Cc1nn(-c2cc(F)c(F)cc2F)c2n[nH]c(N)c12. The fraction of sp³-hybridized carbons (Fsp3) is 0.0909. The highest BCUT2D eigenvalue weighted by Gasteiger charge is 2.19. The van der Waals surface area contributed by atoms with Gasteiger partial charge in [-0.25, -0.2) is 17.9 Å². The van der Waals surface area contributed by atoms with E-state index in [1.807, 2.05) is 0 Å². The molecule has 0 aliphatic carbocycles. The maximum atomic E-state index is 13.7. The monoisotopic (exact) mass is 267 g/mol. The van der Waals surface area contributed by atoms with Crippen LogP contribution in [0.3, 0.4) is 0 Å². The number of aryl methyl sites for hydroxylation is 1. The molecule has 0 amide bonds. The number of nitrogen functional groups attached to an aromatic ring is 1. The smallest absolute Gasteiger partial charge is 0.186 e. The molecule has 0 saturated carbocycles.